The number of nitrogens with one attached hydrogen (secondary N) is 1. The van der Waals surface area contributed by atoms with Crippen molar-refractivity contribution in [3.8, 4) is 5.75 Å². The Balaban J connectivity index is 1.91. The van der Waals surface area contributed by atoms with Gasteiger partial charge in [-0.25, -0.2) is 4.79 Å². The minimum atomic E-state index is -1.01. The Hall–Kier alpha value is -1.86. The number of carboxylic acid groups (broad SMARTS) is 1. The number of aryl methyl sites for hydroxylation is 1. The van der Waals surface area contributed by atoms with Crippen LogP contribution in [0.4, 0.5) is 5.69 Å². The predicted octanol–water partition coefficient (Wildman–Crippen LogP) is 3.53. The summed E-state index contributed by atoms with van der Waals surface area (Å²) >= 11 is 4.43. The number of aromatic carboxylic acids is 1. The molecule has 21 heavy (non-hydrogen) atoms. The summed E-state index contributed by atoms with van der Waals surface area (Å²) in [6.45, 7) is 1.77. The highest BCUT2D eigenvalue weighted by atomic mass is 79.9. The van der Waals surface area contributed by atoms with Crippen LogP contribution in [0.15, 0.2) is 34.1 Å². The summed E-state index contributed by atoms with van der Waals surface area (Å²) in [6, 6.07) is 6.97. The van der Waals surface area contributed by atoms with Gasteiger partial charge in [0.25, 0.3) is 5.91 Å². The summed E-state index contributed by atoms with van der Waals surface area (Å²) in [7, 11) is 0. The van der Waals surface area contributed by atoms with Gasteiger partial charge in [0.1, 0.15) is 10.6 Å². The van der Waals surface area contributed by atoms with E-state index >= 15 is 0 Å². The van der Waals surface area contributed by atoms with Crippen molar-refractivity contribution in [1.29, 1.82) is 0 Å². The van der Waals surface area contributed by atoms with Crippen LogP contribution < -0.4 is 10.1 Å². The Labute approximate surface area is 133 Å². The van der Waals surface area contributed by atoms with Crippen LogP contribution in [-0.2, 0) is 4.79 Å². The molecule has 7 heteroatoms. The van der Waals surface area contributed by atoms with E-state index in [1.54, 1.807) is 11.4 Å². The normalized spacial score (nSPS) is 10.2. The van der Waals surface area contributed by atoms with Gasteiger partial charge in [-0.1, -0.05) is 6.07 Å². The van der Waals surface area contributed by atoms with Gasteiger partial charge in [0.05, 0.1) is 5.69 Å². The van der Waals surface area contributed by atoms with Gasteiger partial charge >= 0.3 is 5.97 Å². The summed E-state index contributed by atoms with van der Waals surface area (Å²) in [6.07, 6.45) is 0. The maximum atomic E-state index is 11.8. The minimum absolute atomic E-state index is 0.173. The molecule has 1 amide bonds. The molecule has 0 fully saturated rings. The Kier molecular flexibility index (Phi) is 4.98. The summed E-state index contributed by atoms with van der Waals surface area (Å²) in [4.78, 5) is 22.7. The summed E-state index contributed by atoms with van der Waals surface area (Å²) in [5.41, 5.74) is 1.74. The number of hydrogen-bond acceptors (Lipinski definition) is 4. The zero-order valence-corrected chi connectivity index (χ0v) is 13.5. The van der Waals surface area contributed by atoms with E-state index in [9.17, 15) is 9.59 Å². The third-order valence-corrected chi connectivity index (χ3v) is 4.11. The van der Waals surface area contributed by atoms with Gasteiger partial charge in [0.15, 0.2) is 6.61 Å². The molecule has 0 unspecified atom stereocenters. The summed E-state index contributed by atoms with van der Waals surface area (Å²) < 4.78 is 6.05. The molecule has 0 bridgehead atoms. The number of benzene rings is 1. The average molecular weight is 370 g/mol. The van der Waals surface area contributed by atoms with Crippen molar-refractivity contribution >= 4 is 44.8 Å². The van der Waals surface area contributed by atoms with Crippen LogP contribution >= 0.6 is 27.3 Å². The number of anilines is 1. The molecule has 2 N–H and O–H groups in total. The molecule has 0 aliphatic heterocycles. The topological polar surface area (TPSA) is 75.6 Å². The van der Waals surface area contributed by atoms with Crippen molar-refractivity contribution < 1.29 is 19.4 Å². The first-order valence-electron chi connectivity index (χ1n) is 5.96. The largest absolute Gasteiger partial charge is 0.483 e. The highest BCUT2D eigenvalue weighted by Crippen LogP contribution is 2.24. The van der Waals surface area contributed by atoms with E-state index in [4.69, 9.17) is 9.84 Å². The lowest BCUT2D eigenvalue weighted by Crippen LogP contribution is -2.20. The molecule has 5 nitrogen and oxygen atoms in total. The second-order valence-corrected chi connectivity index (χ2v) is 6.04. The van der Waals surface area contributed by atoms with E-state index in [0.717, 1.165) is 21.4 Å². The third-order valence-electron chi connectivity index (χ3n) is 2.55. The molecule has 0 aliphatic rings. The quantitative estimate of drug-likeness (QED) is 0.844. The SMILES string of the molecule is Cc1ccc(NC(=O)COc2csc(C(=O)O)c2)c(Br)c1. The lowest BCUT2D eigenvalue weighted by Gasteiger charge is -2.08. The molecule has 0 radical (unpaired) electrons. The summed E-state index contributed by atoms with van der Waals surface area (Å²) in [5.74, 6) is -0.957. The van der Waals surface area contributed by atoms with Gasteiger partial charge in [-0.3, -0.25) is 4.79 Å². The molecule has 0 aliphatic carbocycles. The van der Waals surface area contributed by atoms with Crippen LogP contribution in [0.2, 0.25) is 0 Å². The zero-order valence-electron chi connectivity index (χ0n) is 11.1. The first kappa shape index (κ1) is 15.5. The van der Waals surface area contributed by atoms with Crippen molar-refractivity contribution in [2.75, 3.05) is 11.9 Å². The van der Waals surface area contributed by atoms with Gasteiger partial charge in [0.2, 0.25) is 0 Å². The van der Waals surface area contributed by atoms with Gasteiger partial charge in [-0.05, 0) is 40.5 Å². The average Bonchev–Trinajstić information content (AvgIpc) is 2.89. The Bertz CT molecular complexity index is 683. The second kappa shape index (κ2) is 6.73. The van der Waals surface area contributed by atoms with E-state index < -0.39 is 5.97 Å². The van der Waals surface area contributed by atoms with Gasteiger partial charge in [-0.2, -0.15) is 0 Å². The van der Waals surface area contributed by atoms with Crippen LogP contribution in [0.25, 0.3) is 0 Å². The van der Waals surface area contributed by atoms with Crippen LogP contribution in [-0.4, -0.2) is 23.6 Å². The Morgan fingerprint density at radius 2 is 2.14 bits per heavy atom. The monoisotopic (exact) mass is 369 g/mol. The van der Waals surface area contributed by atoms with Gasteiger partial charge in [-0.15, -0.1) is 11.3 Å². The molecule has 110 valence electrons. The number of carboxylic acids is 1. The maximum Gasteiger partial charge on any atom is 0.346 e. The smallest absolute Gasteiger partial charge is 0.346 e. The van der Waals surface area contributed by atoms with Crippen LogP contribution in [0, 0.1) is 6.92 Å². The lowest BCUT2D eigenvalue weighted by atomic mass is 10.2. The van der Waals surface area contributed by atoms with Crippen LogP contribution in [0.5, 0.6) is 5.75 Å². The van der Waals surface area contributed by atoms with Crippen molar-refractivity contribution in [2.24, 2.45) is 0 Å². The number of amides is 1. The van der Waals surface area contributed by atoms with Crippen molar-refractivity contribution in [3.63, 3.8) is 0 Å². The van der Waals surface area contributed by atoms with Gasteiger partial charge < -0.3 is 15.2 Å². The van der Waals surface area contributed by atoms with E-state index in [1.807, 2.05) is 19.1 Å². The third kappa shape index (κ3) is 4.30. The van der Waals surface area contributed by atoms with Crippen molar-refractivity contribution in [2.45, 2.75) is 6.92 Å². The number of carbonyl (C=O) groups is 2. The van der Waals surface area contributed by atoms with E-state index in [-0.39, 0.29) is 17.4 Å². The van der Waals surface area contributed by atoms with E-state index in [1.165, 1.54) is 6.07 Å². The number of hydrogen-bond donors (Lipinski definition) is 2. The molecule has 1 heterocycles. The van der Waals surface area contributed by atoms with Crippen molar-refractivity contribution in [3.05, 3.63) is 44.6 Å². The number of thiophene rings is 1. The molecule has 0 atom stereocenters. The summed E-state index contributed by atoms with van der Waals surface area (Å²) in [5, 5.41) is 13.1. The standard InChI is InChI=1S/C14H12BrNO4S/c1-8-2-3-11(10(15)4-8)16-13(17)6-20-9-5-12(14(18)19)21-7-9/h2-5,7H,6H2,1H3,(H,16,17)(H,18,19). The molecular weight excluding hydrogens is 358 g/mol. The fourth-order valence-electron chi connectivity index (χ4n) is 1.56. The highest BCUT2D eigenvalue weighted by molar-refractivity contribution is 9.10. The maximum absolute atomic E-state index is 11.8. The molecule has 2 rings (SSSR count). The number of carbonyl (C=O) groups excluding carboxylic acids is 1. The first-order valence-corrected chi connectivity index (χ1v) is 7.63. The molecule has 0 saturated carbocycles. The first-order chi connectivity index (χ1) is 9.95. The lowest BCUT2D eigenvalue weighted by molar-refractivity contribution is -0.118. The number of halogens is 1. The highest BCUT2D eigenvalue weighted by Gasteiger charge is 2.10. The molecule has 2 aromatic rings. The molecule has 1 aromatic carbocycles. The molecular formula is C14H12BrNO4S. The second-order valence-electron chi connectivity index (χ2n) is 4.27. The minimum Gasteiger partial charge on any atom is -0.483 e. The predicted molar refractivity (Wildman–Crippen MR) is 84.3 cm³/mol. The number of rotatable bonds is 5. The Morgan fingerprint density at radius 3 is 2.76 bits per heavy atom. The fourth-order valence-corrected chi connectivity index (χ4v) is 2.82. The molecule has 0 saturated heterocycles. The Morgan fingerprint density at radius 1 is 1.38 bits per heavy atom. The van der Waals surface area contributed by atoms with Crippen LogP contribution in [0.1, 0.15) is 15.2 Å². The molecule has 1 aromatic heterocycles. The zero-order chi connectivity index (χ0) is 15.4. The van der Waals surface area contributed by atoms with E-state index in [2.05, 4.69) is 21.2 Å². The fraction of sp³-hybridized carbons (Fsp3) is 0.143. The van der Waals surface area contributed by atoms with Crippen LogP contribution in [0.3, 0.4) is 0 Å². The number of ether oxygens (including phenoxy) is 1. The molecule has 0 spiro atoms. The van der Waals surface area contributed by atoms with Gasteiger partial charge in [0, 0.05) is 15.9 Å². The van der Waals surface area contributed by atoms with Crippen molar-refractivity contribution in [1.82, 2.24) is 0 Å². The van der Waals surface area contributed by atoms with E-state index in [0.29, 0.717) is 11.4 Å².